The molecule has 0 aliphatic heterocycles. The van der Waals surface area contributed by atoms with Crippen LogP contribution in [-0.2, 0) is 15.1 Å². The number of carbonyl (C=O) groups is 1. The quantitative estimate of drug-likeness (QED) is 0.769. The average molecular weight is 264 g/mol. The van der Waals surface area contributed by atoms with E-state index in [1.807, 2.05) is 30.3 Å². The lowest BCUT2D eigenvalue weighted by atomic mass is 9.82. The van der Waals surface area contributed by atoms with Crippen molar-refractivity contribution >= 4 is 5.97 Å². The van der Waals surface area contributed by atoms with Gasteiger partial charge in [-0.15, -0.1) is 0 Å². The summed E-state index contributed by atoms with van der Waals surface area (Å²) < 4.78 is 4.93. The van der Waals surface area contributed by atoms with Crippen molar-refractivity contribution in [1.82, 2.24) is 0 Å². The summed E-state index contributed by atoms with van der Waals surface area (Å²) in [5, 5.41) is 10.9. The topological polar surface area (TPSA) is 46.5 Å². The maximum Gasteiger partial charge on any atom is 0.305 e. The van der Waals surface area contributed by atoms with E-state index in [0.717, 1.165) is 5.56 Å². The van der Waals surface area contributed by atoms with Crippen LogP contribution < -0.4 is 0 Å². The highest BCUT2D eigenvalue weighted by Gasteiger charge is 2.30. The summed E-state index contributed by atoms with van der Waals surface area (Å²) in [6.45, 7) is 6.30. The summed E-state index contributed by atoms with van der Waals surface area (Å²) in [6.07, 6.45) is 1.27. The van der Waals surface area contributed by atoms with Gasteiger partial charge < -0.3 is 9.84 Å². The second-order valence-corrected chi connectivity index (χ2v) is 5.30. The molecule has 1 atom stereocenters. The Balaban J connectivity index is 2.79. The van der Waals surface area contributed by atoms with E-state index in [-0.39, 0.29) is 12.4 Å². The summed E-state index contributed by atoms with van der Waals surface area (Å²) >= 11 is 0. The second-order valence-electron chi connectivity index (χ2n) is 5.30. The summed E-state index contributed by atoms with van der Waals surface area (Å²) in [4.78, 5) is 11.5. The Labute approximate surface area is 115 Å². The first-order valence-corrected chi connectivity index (χ1v) is 6.91. The molecule has 0 amide bonds. The highest BCUT2D eigenvalue weighted by Crippen LogP contribution is 2.33. The highest BCUT2D eigenvalue weighted by atomic mass is 16.5. The van der Waals surface area contributed by atoms with Crippen LogP contribution in [0.2, 0.25) is 0 Å². The largest absolute Gasteiger partial charge is 0.466 e. The van der Waals surface area contributed by atoms with Crippen LogP contribution in [0, 0.1) is 5.92 Å². The third-order valence-corrected chi connectivity index (χ3v) is 3.11. The van der Waals surface area contributed by atoms with Crippen molar-refractivity contribution in [1.29, 1.82) is 0 Å². The van der Waals surface area contributed by atoms with Gasteiger partial charge in [0.1, 0.15) is 0 Å². The molecule has 0 aromatic heterocycles. The zero-order chi connectivity index (χ0) is 14.3. The Bertz CT molecular complexity index is 386. The van der Waals surface area contributed by atoms with Gasteiger partial charge in [0, 0.05) is 6.42 Å². The predicted octanol–water partition coefficient (Wildman–Crippen LogP) is 3.26. The minimum absolute atomic E-state index is 0.242. The number of rotatable bonds is 7. The Morgan fingerprint density at radius 2 is 1.95 bits per heavy atom. The molecule has 19 heavy (non-hydrogen) atoms. The molecule has 0 saturated carbocycles. The first-order valence-electron chi connectivity index (χ1n) is 6.91. The van der Waals surface area contributed by atoms with Crippen molar-refractivity contribution in [2.45, 2.75) is 45.6 Å². The van der Waals surface area contributed by atoms with Gasteiger partial charge in [0.2, 0.25) is 0 Å². The lowest BCUT2D eigenvalue weighted by molar-refractivity contribution is -0.144. The summed E-state index contributed by atoms with van der Waals surface area (Å²) in [5.41, 5.74) is -0.0876. The van der Waals surface area contributed by atoms with Crippen molar-refractivity contribution < 1.29 is 14.6 Å². The first kappa shape index (κ1) is 15.7. The number of hydrogen-bond donors (Lipinski definition) is 1. The molecule has 0 fully saturated rings. The zero-order valence-electron chi connectivity index (χ0n) is 12.1. The van der Waals surface area contributed by atoms with Crippen molar-refractivity contribution in [3.8, 4) is 0 Å². The monoisotopic (exact) mass is 264 g/mol. The van der Waals surface area contributed by atoms with Gasteiger partial charge in [-0.1, -0.05) is 44.2 Å². The van der Waals surface area contributed by atoms with E-state index >= 15 is 0 Å². The smallest absolute Gasteiger partial charge is 0.305 e. The lowest BCUT2D eigenvalue weighted by Crippen LogP contribution is -2.29. The van der Waals surface area contributed by atoms with E-state index in [1.165, 1.54) is 0 Å². The molecule has 0 saturated heterocycles. The molecule has 1 N–H and O–H groups in total. The molecule has 0 spiro atoms. The minimum Gasteiger partial charge on any atom is -0.466 e. The van der Waals surface area contributed by atoms with Crippen LogP contribution in [0.4, 0.5) is 0 Å². The average Bonchev–Trinajstić information content (AvgIpc) is 2.37. The third-order valence-electron chi connectivity index (χ3n) is 3.11. The van der Waals surface area contributed by atoms with Gasteiger partial charge in [-0.3, -0.25) is 4.79 Å². The molecule has 1 aromatic carbocycles. The van der Waals surface area contributed by atoms with Crippen LogP contribution in [-0.4, -0.2) is 17.7 Å². The fourth-order valence-corrected chi connectivity index (χ4v) is 2.33. The molecule has 0 bridgehead atoms. The summed E-state index contributed by atoms with van der Waals surface area (Å²) in [5.74, 6) is 0.105. The molecule has 3 heteroatoms. The Morgan fingerprint density at radius 1 is 1.32 bits per heavy atom. The predicted molar refractivity (Wildman–Crippen MR) is 75.7 cm³/mol. The molecule has 0 radical (unpaired) electrons. The summed E-state index contributed by atoms with van der Waals surface area (Å²) in [6, 6.07) is 9.56. The van der Waals surface area contributed by atoms with E-state index in [9.17, 15) is 9.90 Å². The van der Waals surface area contributed by atoms with Crippen LogP contribution in [0.25, 0.3) is 0 Å². The second kappa shape index (κ2) is 7.29. The number of esters is 1. The van der Waals surface area contributed by atoms with Gasteiger partial charge in [-0.05, 0) is 31.2 Å². The zero-order valence-corrected chi connectivity index (χ0v) is 12.1. The maximum atomic E-state index is 11.5. The van der Waals surface area contributed by atoms with Crippen LogP contribution in [0.1, 0.15) is 45.6 Å². The SMILES string of the molecule is CCOC(=O)CCC(O)(CC(C)C)c1ccccc1. The molecule has 3 nitrogen and oxygen atoms in total. The molecule has 0 heterocycles. The van der Waals surface area contributed by atoms with Crippen LogP contribution in [0.5, 0.6) is 0 Å². The summed E-state index contributed by atoms with van der Waals surface area (Å²) in [7, 11) is 0. The van der Waals surface area contributed by atoms with E-state index in [1.54, 1.807) is 6.92 Å². The number of carbonyl (C=O) groups excluding carboxylic acids is 1. The van der Waals surface area contributed by atoms with Gasteiger partial charge in [0.15, 0.2) is 0 Å². The van der Waals surface area contributed by atoms with Crippen molar-refractivity contribution in [2.75, 3.05) is 6.61 Å². The van der Waals surface area contributed by atoms with Crippen LogP contribution in [0.3, 0.4) is 0 Å². The molecule has 106 valence electrons. The molecule has 0 aliphatic carbocycles. The van der Waals surface area contributed by atoms with Gasteiger partial charge in [-0.25, -0.2) is 0 Å². The van der Waals surface area contributed by atoms with E-state index in [2.05, 4.69) is 13.8 Å². The van der Waals surface area contributed by atoms with Crippen LogP contribution >= 0.6 is 0 Å². The highest BCUT2D eigenvalue weighted by molar-refractivity contribution is 5.69. The fourth-order valence-electron chi connectivity index (χ4n) is 2.33. The first-order chi connectivity index (χ1) is 8.98. The van der Waals surface area contributed by atoms with Gasteiger partial charge >= 0.3 is 5.97 Å². The maximum absolute atomic E-state index is 11.5. The van der Waals surface area contributed by atoms with Crippen molar-refractivity contribution in [2.24, 2.45) is 5.92 Å². The van der Waals surface area contributed by atoms with Crippen molar-refractivity contribution in [3.63, 3.8) is 0 Å². The number of aliphatic hydroxyl groups is 1. The number of hydrogen-bond acceptors (Lipinski definition) is 3. The molecule has 1 aromatic rings. The Hall–Kier alpha value is -1.35. The standard InChI is InChI=1S/C16H24O3/c1-4-19-15(17)10-11-16(18,12-13(2)3)14-8-6-5-7-9-14/h5-9,13,18H,4,10-12H2,1-3H3. The minimum atomic E-state index is -0.956. The molecule has 1 unspecified atom stereocenters. The molecule has 0 aliphatic rings. The molecular formula is C16H24O3. The van der Waals surface area contributed by atoms with Crippen LogP contribution in [0.15, 0.2) is 30.3 Å². The third kappa shape index (κ3) is 5.03. The Morgan fingerprint density at radius 3 is 2.47 bits per heavy atom. The molecule has 1 rings (SSSR count). The van der Waals surface area contributed by atoms with E-state index in [4.69, 9.17) is 4.74 Å². The van der Waals surface area contributed by atoms with E-state index < -0.39 is 5.60 Å². The number of benzene rings is 1. The molecular weight excluding hydrogens is 240 g/mol. The van der Waals surface area contributed by atoms with E-state index in [0.29, 0.717) is 25.4 Å². The van der Waals surface area contributed by atoms with Gasteiger partial charge in [0.25, 0.3) is 0 Å². The normalized spacial score (nSPS) is 14.2. The fraction of sp³-hybridized carbons (Fsp3) is 0.562. The lowest BCUT2D eigenvalue weighted by Gasteiger charge is -2.30. The Kier molecular flexibility index (Phi) is 6.03. The number of ether oxygens (including phenoxy) is 1. The van der Waals surface area contributed by atoms with Gasteiger partial charge in [-0.2, -0.15) is 0 Å². The van der Waals surface area contributed by atoms with Gasteiger partial charge in [0.05, 0.1) is 12.2 Å². The van der Waals surface area contributed by atoms with Crippen molar-refractivity contribution in [3.05, 3.63) is 35.9 Å².